The number of carbonyl (C=O) groups is 1. The highest BCUT2D eigenvalue weighted by molar-refractivity contribution is 7.89. The molecule has 2 heterocycles. The molecule has 1 saturated heterocycles. The molecule has 1 aliphatic heterocycles. The van der Waals surface area contributed by atoms with Crippen molar-refractivity contribution in [2.75, 3.05) is 6.54 Å². The molecule has 0 saturated carbocycles. The molecule has 1 aliphatic rings. The quantitative estimate of drug-likeness (QED) is 0.476. The van der Waals surface area contributed by atoms with Crippen molar-refractivity contribution in [1.82, 2.24) is 19.6 Å². The first-order valence-electron chi connectivity index (χ1n) is 10.7. The number of halogens is 6. The van der Waals surface area contributed by atoms with Crippen LogP contribution < -0.4 is 5.32 Å². The average molecular weight is 544 g/mol. The van der Waals surface area contributed by atoms with Crippen LogP contribution in [0.1, 0.15) is 17.8 Å². The fourth-order valence-electron chi connectivity index (χ4n) is 3.85. The Balaban J connectivity index is 1.50. The highest BCUT2D eigenvalue weighted by Crippen LogP contribution is 2.29. The van der Waals surface area contributed by atoms with Crippen LogP contribution in [0.2, 0.25) is 0 Å². The molecule has 2 aromatic carbocycles. The van der Waals surface area contributed by atoms with Gasteiger partial charge in [0.15, 0.2) is 0 Å². The van der Waals surface area contributed by atoms with Gasteiger partial charge in [-0.1, -0.05) is 0 Å². The van der Waals surface area contributed by atoms with E-state index in [2.05, 4.69) is 15.3 Å². The zero-order valence-corrected chi connectivity index (χ0v) is 19.5. The van der Waals surface area contributed by atoms with E-state index in [0.29, 0.717) is 4.31 Å². The molecule has 0 radical (unpaired) electrons. The molecule has 7 nitrogen and oxygen atoms in total. The van der Waals surface area contributed by atoms with E-state index in [-0.39, 0.29) is 28.1 Å². The fourth-order valence-corrected chi connectivity index (χ4v) is 5.48. The third-order valence-corrected chi connectivity index (χ3v) is 7.48. The van der Waals surface area contributed by atoms with E-state index in [1.54, 1.807) is 0 Å². The lowest BCUT2D eigenvalue weighted by Gasteiger charge is -2.23. The van der Waals surface area contributed by atoms with E-state index in [0.717, 1.165) is 48.8 Å². The number of benzene rings is 2. The molecule has 2 atom stereocenters. The standard InChI is InChI=1S/C23H18F6N4O3S/c24-16-1-3-19(4-2-16)37(35,36)33-12-18(26)8-20(33)21(34)30-9-13-5-14(7-17(25)6-13)15-10-31-22(32-11-15)23(27,28)29/h1-7,10-11,18,20H,8-9,12H2,(H,30,34). The Labute approximate surface area is 207 Å². The first-order chi connectivity index (χ1) is 17.3. The Morgan fingerprint density at radius 2 is 1.65 bits per heavy atom. The molecule has 4 rings (SSSR count). The molecule has 0 spiro atoms. The second-order valence-electron chi connectivity index (χ2n) is 8.24. The van der Waals surface area contributed by atoms with Crippen LogP contribution in [0.4, 0.5) is 26.3 Å². The van der Waals surface area contributed by atoms with Gasteiger partial charge in [0.2, 0.25) is 21.8 Å². The SMILES string of the molecule is O=C(NCc1cc(F)cc(-c2cnc(C(F)(F)F)nc2)c1)C1CC(F)CN1S(=O)(=O)c1ccc(F)cc1. The van der Waals surface area contributed by atoms with Crippen LogP contribution in [0.5, 0.6) is 0 Å². The largest absolute Gasteiger partial charge is 0.451 e. The van der Waals surface area contributed by atoms with Crippen LogP contribution in [0.3, 0.4) is 0 Å². The predicted octanol–water partition coefficient (Wildman–Crippen LogP) is 3.86. The smallest absolute Gasteiger partial charge is 0.351 e. The number of alkyl halides is 4. The van der Waals surface area contributed by atoms with Gasteiger partial charge in [-0.3, -0.25) is 4.79 Å². The topological polar surface area (TPSA) is 92.3 Å². The lowest BCUT2D eigenvalue weighted by molar-refractivity contribution is -0.145. The summed E-state index contributed by atoms with van der Waals surface area (Å²) in [7, 11) is -4.32. The summed E-state index contributed by atoms with van der Waals surface area (Å²) in [6.45, 7) is -0.862. The number of aromatic nitrogens is 2. The van der Waals surface area contributed by atoms with Gasteiger partial charge in [-0.15, -0.1) is 0 Å². The van der Waals surface area contributed by atoms with E-state index in [9.17, 15) is 39.6 Å². The van der Waals surface area contributed by atoms with Gasteiger partial charge in [-0.25, -0.2) is 31.6 Å². The van der Waals surface area contributed by atoms with Crippen LogP contribution >= 0.6 is 0 Å². The van der Waals surface area contributed by atoms with Crippen molar-refractivity contribution in [1.29, 1.82) is 0 Å². The molecule has 1 fully saturated rings. The Morgan fingerprint density at radius 1 is 1.00 bits per heavy atom. The van der Waals surface area contributed by atoms with Crippen LogP contribution in [-0.4, -0.2) is 47.4 Å². The number of nitrogens with zero attached hydrogens (tertiary/aromatic N) is 3. The fraction of sp³-hybridized carbons (Fsp3) is 0.261. The molecule has 14 heteroatoms. The van der Waals surface area contributed by atoms with Crippen LogP contribution in [0.25, 0.3) is 11.1 Å². The molecule has 37 heavy (non-hydrogen) atoms. The van der Waals surface area contributed by atoms with Crippen LogP contribution in [0.15, 0.2) is 59.8 Å². The average Bonchev–Trinajstić information content (AvgIpc) is 3.25. The maximum atomic E-state index is 14.2. The zero-order valence-electron chi connectivity index (χ0n) is 18.7. The van der Waals surface area contributed by atoms with Gasteiger partial charge in [0.25, 0.3) is 0 Å². The minimum absolute atomic E-state index is 0.0905. The molecule has 2 unspecified atom stereocenters. The number of hydrogen-bond donors (Lipinski definition) is 1. The first kappa shape index (κ1) is 26.5. The molecule has 3 aromatic rings. The molecule has 1 amide bonds. The monoisotopic (exact) mass is 544 g/mol. The molecule has 196 valence electrons. The van der Waals surface area contributed by atoms with Crippen LogP contribution in [0, 0.1) is 11.6 Å². The molecular formula is C23H18F6N4O3S. The van der Waals surface area contributed by atoms with Crippen molar-refractivity contribution in [2.45, 2.75) is 36.3 Å². The van der Waals surface area contributed by atoms with E-state index in [4.69, 9.17) is 0 Å². The van der Waals surface area contributed by atoms with E-state index in [1.165, 1.54) is 6.07 Å². The minimum Gasteiger partial charge on any atom is -0.351 e. The van der Waals surface area contributed by atoms with Gasteiger partial charge in [-0.05, 0) is 53.6 Å². The van der Waals surface area contributed by atoms with Gasteiger partial charge >= 0.3 is 6.18 Å². The molecular weight excluding hydrogens is 526 g/mol. The summed E-state index contributed by atoms with van der Waals surface area (Å²) >= 11 is 0. The normalized spacial score (nSPS) is 18.6. The van der Waals surface area contributed by atoms with Crippen molar-refractivity contribution in [3.05, 3.63) is 77.9 Å². The third kappa shape index (κ3) is 5.91. The van der Waals surface area contributed by atoms with E-state index >= 15 is 0 Å². The van der Waals surface area contributed by atoms with E-state index in [1.807, 2.05) is 0 Å². The number of rotatable bonds is 6. The Bertz CT molecular complexity index is 1400. The molecule has 0 bridgehead atoms. The van der Waals surface area contributed by atoms with Gasteiger partial charge in [0.1, 0.15) is 23.8 Å². The maximum Gasteiger partial charge on any atom is 0.451 e. The van der Waals surface area contributed by atoms with Crippen molar-refractivity contribution in [2.24, 2.45) is 0 Å². The summed E-state index contributed by atoms with van der Waals surface area (Å²) in [6.07, 6.45) is -5.02. The van der Waals surface area contributed by atoms with Crippen molar-refractivity contribution >= 4 is 15.9 Å². The lowest BCUT2D eigenvalue weighted by atomic mass is 10.1. The number of sulfonamides is 1. The Kier molecular flexibility index (Phi) is 7.24. The van der Waals surface area contributed by atoms with Gasteiger partial charge in [0, 0.05) is 37.5 Å². The second-order valence-corrected chi connectivity index (χ2v) is 10.1. The minimum atomic E-state index is -4.74. The molecule has 1 aromatic heterocycles. The summed E-state index contributed by atoms with van der Waals surface area (Å²) in [5.74, 6) is -3.63. The van der Waals surface area contributed by atoms with Gasteiger partial charge in [0.05, 0.1) is 4.90 Å². The second kappa shape index (κ2) is 10.1. The van der Waals surface area contributed by atoms with Crippen molar-refractivity contribution in [3.8, 4) is 11.1 Å². The Morgan fingerprint density at radius 3 is 2.27 bits per heavy atom. The van der Waals surface area contributed by atoms with Crippen LogP contribution in [-0.2, 0) is 27.5 Å². The Hall–Kier alpha value is -3.52. The predicted molar refractivity (Wildman–Crippen MR) is 118 cm³/mol. The highest BCUT2D eigenvalue weighted by atomic mass is 32.2. The summed E-state index contributed by atoms with van der Waals surface area (Å²) < 4.78 is 106. The van der Waals surface area contributed by atoms with E-state index < -0.39 is 64.7 Å². The number of carbonyl (C=O) groups excluding carboxylic acids is 1. The third-order valence-electron chi connectivity index (χ3n) is 5.59. The van der Waals surface area contributed by atoms with Gasteiger partial charge < -0.3 is 5.32 Å². The summed E-state index contributed by atoms with van der Waals surface area (Å²) in [5, 5.41) is 2.44. The zero-order chi connectivity index (χ0) is 27.0. The van der Waals surface area contributed by atoms with Crippen molar-refractivity contribution < 1.29 is 39.6 Å². The highest BCUT2D eigenvalue weighted by Gasteiger charge is 2.44. The summed E-state index contributed by atoms with van der Waals surface area (Å²) in [4.78, 5) is 19.0. The summed E-state index contributed by atoms with van der Waals surface area (Å²) in [6, 6.07) is 5.95. The first-order valence-corrected chi connectivity index (χ1v) is 12.2. The lowest BCUT2D eigenvalue weighted by Crippen LogP contribution is -2.45. The number of hydrogen-bond acceptors (Lipinski definition) is 5. The summed E-state index contributed by atoms with van der Waals surface area (Å²) in [5.41, 5.74) is 0.432. The molecule has 1 N–H and O–H groups in total. The number of amides is 1. The number of nitrogens with one attached hydrogen (secondary N) is 1. The van der Waals surface area contributed by atoms with Gasteiger partial charge in [-0.2, -0.15) is 17.5 Å². The van der Waals surface area contributed by atoms with Crippen molar-refractivity contribution in [3.63, 3.8) is 0 Å². The maximum absolute atomic E-state index is 14.2. The molecule has 0 aliphatic carbocycles.